The highest BCUT2D eigenvalue weighted by molar-refractivity contribution is 9.10. The van der Waals surface area contributed by atoms with Gasteiger partial charge in [-0.25, -0.2) is 8.78 Å². The number of hydrogen-bond donors (Lipinski definition) is 1. The maximum atomic E-state index is 13.8. The van der Waals surface area contributed by atoms with E-state index in [1.807, 2.05) is 30.3 Å². The molecule has 4 heteroatoms. The smallest absolute Gasteiger partial charge is 0.149 e. The number of halogens is 3. The molecule has 0 radical (unpaired) electrons. The maximum absolute atomic E-state index is 13.8. The van der Waals surface area contributed by atoms with E-state index in [0.29, 0.717) is 5.69 Å². The van der Waals surface area contributed by atoms with Crippen molar-refractivity contribution in [2.75, 3.05) is 5.32 Å². The highest BCUT2D eigenvalue weighted by Gasteiger charge is 2.18. The van der Waals surface area contributed by atoms with Crippen LogP contribution in [0.1, 0.15) is 25.5 Å². The molecule has 0 fully saturated rings. The molecule has 0 aliphatic heterocycles. The van der Waals surface area contributed by atoms with E-state index in [1.54, 1.807) is 0 Å². The Hall–Kier alpha value is -1.42. The SMILES string of the molecule is CC(C)C(Nc1cc(Br)c(F)cc1F)c1ccccc1. The zero-order chi connectivity index (χ0) is 14.7. The largest absolute Gasteiger partial charge is 0.376 e. The van der Waals surface area contributed by atoms with Crippen molar-refractivity contribution in [2.45, 2.75) is 19.9 Å². The summed E-state index contributed by atoms with van der Waals surface area (Å²) in [6, 6.07) is 12.1. The molecule has 0 saturated carbocycles. The molecule has 2 aromatic carbocycles. The Morgan fingerprint density at radius 2 is 1.65 bits per heavy atom. The van der Waals surface area contributed by atoms with Gasteiger partial charge in [-0.1, -0.05) is 44.2 Å². The van der Waals surface area contributed by atoms with Crippen LogP contribution in [0.3, 0.4) is 0 Å². The lowest BCUT2D eigenvalue weighted by atomic mass is 9.96. The molecule has 0 heterocycles. The first-order chi connectivity index (χ1) is 9.49. The van der Waals surface area contributed by atoms with Crippen LogP contribution >= 0.6 is 15.9 Å². The molecule has 1 nitrogen and oxygen atoms in total. The first kappa shape index (κ1) is 15.0. The molecule has 0 spiro atoms. The molecule has 2 rings (SSSR count). The minimum atomic E-state index is -0.603. The molecule has 0 saturated heterocycles. The minimum Gasteiger partial charge on any atom is -0.376 e. The lowest BCUT2D eigenvalue weighted by molar-refractivity contribution is 0.536. The van der Waals surface area contributed by atoms with Gasteiger partial charge in [0.2, 0.25) is 0 Å². The van der Waals surface area contributed by atoms with Crippen molar-refractivity contribution in [2.24, 2.45) is 5.92 Å². The van der Waals surface area contributed by atoms with Gasteiger partial charge >= 0.3 is 0 Å². The number of rotatable bonds is 4. The highest BCUT2D eigenvalue weighted by atomic mass is 79.9. The number of anilines is 1. The zero-order valence-corrected chi connectivity index (χ0v) is 12.9. The summed E-state index contributed by atoms with van der Waals surface area (Å²) in [5.74, 6) is -0.929. The Morgan fingerprint density at radius 1 is 1.00 bits per heavy atom. The standard InChI is InChI=1S/C16H16BrF2N/c1-10(2)16(11-6-4-3-5-7-11)20-15-8-12(17)13(18)9-14(15)19/h3-10,16,20H,1-2H3. The van der Waals surface area contributed by atoms with Crippen LogP contribution in [0.25, 0.3) is 0 Å². The van der Waals surface area contributed by atoms with Gasteiger partial charge in [0.1, 0.15) is 11.6 Å². The monoisotopic (exact) mass is 339 g/mol. The van der Waals surface area contributed by atoms with Crippen molar-refractivity contribution in [1.29, 1.82) is 0 Å². The fraction of sp³-hybridized carbons (Fsp3) is 0.250. The third-order valence-electron chi connectivity index (χ3n) is 3.15. The molecule has 2 aromatic rings. The first-order valence-electron chi connectivity index (χ1n) is 6.45. The van der Waals surface area contributed by atoms with Crippen molar-refractivity contribution in [3.05, 3.63) is 64.1 Å². The lowest BCUT2D eigenvalue weighted by Gasteiger charge is -2.24. The van der Waals surface area contributed by atoms with E-state index >= 15 is 0 Å². The van der Waals surface area contributed by atoms with Crippen molar-refractivity contribution in [1.82, 2.24) is 0 Å². The van der Waals surface area contributed by atoms with Crippen LogP contribution in [0.5, 0.6) is 0 Å². The topological polar surface area (TPSA) is 12.0 Å². The third kappa shape index (κ3) is 3.37. The average Bonchev–Trinajstić information content (AvgIpc) is 2.42. The molecular formula is C16H16BrF2N. The van der Waals surface area contributed by atoms with Gasteiger partial charge in [-0.3, -0.25) is 0 Å². The predicted octanol–water partition coefficient (Wildman–Crippen LogP) is 5.54. The van der Waals surface area contributed by atoms with Crippen molar-refractivity contribution in [3.63, 3.8) is 0 Å². The molecule has 1 N–H and O–H groups in total. The summed E-state index contributed by atoms with van der Waals surface area (Å²) in [5, 5.41) is 3.16. The van der Waals surface area contributed by atoms with Gasteiger partial charge in [-0.2, -0.15) is 0 Å². The van der Waals surface area contributed by atoms with Crippen LogP contribution in [0.4, 0.5) is 14.5 Å². The number of nitrogens with one attached hydrogen (secondary N) is 1. The van der Waals surface area contributed by atoms with Crippen LogP contribution in [-0.2, 0) is 0 Å². The second kappa shape index (κ2) is 6.35. The summed E-state index contributed by atoms with van der Waals surface area (Å²) in [6.07, 6.45) is 0. The van der Waals surface area contributed by atoms with E-state index in [-0.39, 0.29) is 16.4 Å². The highest BCUT2D eigenvalue weighted by Crippen LogP contribution is 2.30. The van der Waals surface area contributed by atoms with Gasteiger partial charge in [0, 0.05) is 6.07 Å². The van der Waals surface area contributed by atoms with Crippen molar-refractivity contribution >= 4 is 21.6 Å². The fourth-order valence-corrected chi connectivity index (χ4v) is 2.44. The van der Waals surface area contributed by atoms with Gasteiger partial charge in [0.15, 0.2) is 0 Å². The Bertz CT molecular complexity index is 585. The quantitative estimate of drug-likeness (QED) is 0.721. The maximum Gasteiger partial charge on any atom is 0.149 e. The van der Waals surface area contributed by atoms with Gasteiger partial charge < -0.3 is 5.32 Å². The van der Waals surface area contributed by atoms with E-state index in [4.69, 9.17) is 0 Å². The molecular weight excluding hydrogens is 324 g/mol. The molecule has 0 bridgehead atoms. The Balaban J connectivity index is 2.32. The van der Waals surface area contributed by atoms with Crippen molar-refractivity contribution in [3.8, 4) is 0 Å². The predicted molar refractivity (Wildman–Crippen MR) is 81.7 cm³/mol. The Morgan fingerprint density at radius 3 is 2.25 bits per heavy atom. The first-order valence-corrected chi connectivity index (χ1v) is 7.24. The normalized spacial score (nSPS) is 12.5. The lowest BCUT2D eigenvalue weighted by Crippen LogP contribution is -2.17. The summed E-state index contributed by atoms with van der Waals surface area (Å²) >= 11 is 3.08. The van der Waals surface area contributed by atoms with E-state index < -0.39 is 11.6 Å². The van der Waals surface area contributed by atoms with E-state index in [9.17, 15) is 8.78 Å². The van der Waals surface area contributed by atoms with Crippen LogP contribution in [0.15, 0.2) is 46.9 Å². The third-order valence-corrected chi connectivity index (χ3v) is 3.75. The van der Waals surface area contributed by atoms with Gasteiger partial charge in [-0.05, 0) is 33.5 Å². The average molecular weight is 340 g/mol. The van der Waals surface area contributed by atoms with Crippen LogP contribution in [0.2, 0.25) is 0 Å². The second-order valence-corrected chi connectivity index (χ2v) is 5.88. The second-order valence-electron chi connectivity index (χ2n) is 5.02. The van der Waals surface area contributed by atoms with Gasteiger partial charge in [-0.15, -0.1) is 0 Å². The molecule has 0 aliphatic carbocycles. The van der Waals surface area contributed by atoms with Crippen LogP contribution < -0.4 is 5.32 Å². The van der Waals surface area contributed by atoms with Crippen molar-refractivity contribution < 1.29 is 8.78 Å². The van der Waals surface area contributed by atoms with Crippen LogP contribution in [-0.4, -0.2) is 0 Å². The summed E-state index contributed by atoms with van der Waals surface area (Å²) in [5.41, 5.74) is 1.36. The molecule has 0 aromatic heterocycles. The summed E-state index contributed by atoms with van der Waals surface area (Å²) in [6.45, 7) is 4.11. The zero-order valence-electron chi connectivity index (χ0n) is 11.3. The minimum absolute atomic E-state index is 0.0388. The van der Waals surface area contributed by atoms with E-state index in [2.05, 4.69) is 35.1 Å². The number of hydrogen-bond acceptors (Lipinski definition) is 1. The molecule has 20 heavy (non-hydrogen) atoms. The van der Waals surface area contributed by atoms with Gasteiger partial charge in [0.05, 0.1) is 16.2 Å². The summed E-state index contributed by atoms with van der Waals surface area (Å²) < 4.78 is 27.4. The molecule has 1 unspecified atom stereocenters. The molecule has 0 amide bonds. The van der Waals surface area contributed by atoms with Crippen LogP contribution in [0, 0.1) is 17.6 Å². The van der Waals surface area contributed by atoms with Gasteiger partial charge in [0.25, 0.3) is 0 Å². The summed E-state index contributed by atoms with van der Waals surface area (Å²) in [4.78, 5) is 0. The fourth-order valence-electron chi connectivity index (χ4n) is 2.10. The Labute approximate surface area is 126 Å². The number of benzene rings is 2. The Kier molecular flexibility index (Phi) is 4.76. The van der Waals surface area contributed by atoms with E-state index in [1.165, 1.54) is 6.07 Å². The molecule has 106 valence electrons. The summed E-state index contributed by atoms with van der Waals surface area (Å²) in [7, 11) is 0. The molecule has 1 atom stereocenters. The molecule has 0 aliphatic rings. The van der Waals surface area contributed by atoms with E-state index in [0.717, 1.165) is 11.6 Å².